The molecule has 32 heavy (non-hydrogen) atoms. The van der Waals surface area contributed by atoms with Gasteiger partial charge in [-0.3, -0.25) is 4.90 Å². The number of rotatable bonds is 5. The van der Waals surface area contributed by atoms with Crippen LogP contribution in [-0.4, -0.2) is 36.2 Å². The topological polar surface area (TPSA) is 54.9 Å². The summed E-state index contributed by atoms with van der Waals surface area (Å²) in [6.07, 6.45) is 0. The van der Waals surface area contributed by atoms with E-state index in [9.17, 15) is 10.4 Å². The number of nitrogens with zero attached hydrogens (tertiary/aromatic N) is 4. The number of hydrogen-bond donors (Lipinski definition) is 1. The molecule has 3 aromatic rings. The standard InChI is InChI=1S/C26H23ClN4O/c1-29-22-10-8-21(9-11-22)26(18-32)30-13-14-31(24-12-7-19(16-28)15-23(24)27)25(17-30)20-5-3-2-4-6-20/h2-12,15,25-26,32H,13-14,17-18H2/t25-,26+/m0/s1. The summed E-state index contributed by atoms with van der Waals surface area (Å²) in [6.45, 7) is 9.33. The maximum Gasteiger partial charge on any atom is 0.187 e. The summed E-state index contributed by atoms with van der Waals surface area (Å²) >= 11 is 6.57. The van der Waals surface area contributed by atoms with Gasteiger partial charge in [0.05, 0.1) is 47.6 Å². The Morgan fingerprint density at radius 2 is 1.84 bits per heavy atom. The normalized spacial score (nSPS) is 17.4. The van der Waals surface area contributed by atoms with Crippen molar-refractivity contribution >= 4 is 23.0 Å². The first-order valence-electron chi connectivity index (χ1n) is 10.5. The van der Waals surface area contributed by atoms with Gasteiger partial charge >= 0.3 is 0 Å². The van der Waals surface area contributed by atoms with Gasteiger partial charge in [0, 0.05) is 19.6 Å². The van der Waals surface area contributed by atoms with Crippen LogP contribution in [0.15, 0.2) is 72.8 Å². The van der Waals surface area contributed by atoms with Gasteiger partial charge in [-0.2, -0.15) is 5.26 Å². The monoisotopic (exact) mass is 442 g/mol. The molecule has 1 aliphatic heterocycles. The maximum absolute atomic E-state index is 10.2. The van der Waals surface area contributed by atoms with Crippen LogP contribution in [0, 0.1) is 17.9 Å². The highest BCUT2D eigenvalue weighted by atomic mass is 35.5. The van der Waals surface area contributed by atoms with Gasteiger partial charge in [-0.05, 0) is 29.3 Å². The van der Waals surface area contributed by atoms with Crippen molar-refractivity contribution in [2.75, 3.05) is 31.1 Å². The van der Waals surface area contributed by atoms with E-state index in [0.717, 1.165) is 29.9 Å². The molecule has 0 unspecified atom stereocenters. The number of benzene rings is 3. The molecule has 0 amide bonds. The number of anilines is 1. The lowest BCUT2D eigenvalue weighted by molar-refractivity contribution is 0.103. The molecule has 0 radical (unpaired) electrons. The van der Waals surface area contributed by atoms with Crippen LogP contribution >= 0.6 is 11.6 Å². The molecule has 0 aliphatic carbocycles. The van der Waals surface area contributed by atoms with Gasteiger partial charge in [-0.15, -0.1) is 0 Å². The molecule has 1 fully saturated rings. The molecule has 6 heteroatoms. The molecule has 1 heterocycles. The quantitative estimate of drug-likeness (QED) is 0.540. The smallest absolute Gasteiger partial charge is 0.187 e. The number of aliphatic hydroxyl groups excluding tert-OH is 1. The van der Waals surface area contributed by atoms with E-state index in [1.54, 1.807) is 24.3 Å². The Bertz CT molecular complexity index is 1150. The van der Waals surface area contributed by atoms with Gasteiger partial charge in [0.25, 0.3) is 0 Å². The van der Waals surface area contributed by atoms with Crippen molar-refractivity contribution < 1.29 is 5.11 Å². The second-order valence-electron chi connectivity index (χ2n) is 7.79. The lowest BCUT2D eigenvalue weighted by Gasteiger charge is -2.46. The Morgan fingerprint density at radius 1 is 1.09 bits per heavy atom. The van der Waals surface area contributed by atoms with Gasteiger partial charge in [0.15, 0.2) is 5.69 Å². The Hall–Kier alpha value is -3.35. The Kier molecular flexibility index (Phi) is 6.73. The molecule has 1 N–H and O–H groups in total. The fourth-order valence-electron chi connectivity index (χ4n) is 4.35. The Balaban J connectivity index is 1.66. The summed E-state index contributed by atoms with van der Waals surface area (Å²) in [5.74, 6) is 0. The first-order chi connectivity index (χ1) is 15.6. The lowest BCUT2D eigenvalue weighted by atomic mass is 9.98. The zero-order chi connectivity index (χ0) is 22.5. The van der Waals surface area contributed by atoms with Crippen LogP contribution in [0.5, 0.6) is 0 Å². The van der Waals surface area contributed by atoms with Gasteiger partial charge < -0.3 is 10.0 Å². The molecule has 3 aromatic carbocycles. The first-order valence-corrected chi connectivity index (χ1v) is 10.9. The molecule has 160 valence electrons. The average Bonchev–Trinajstić information content (AvgIpc) is 2.85. The van der Waals surface area contributed by atoms with Crippen LogP contribution in [0.4, 0.5) is 11.4 Å². The fourth-order valence-corrected chi connectivity index (χ4v) is 4.64. The minimum atomic E-state index is -0.153. The summed E-state index contributed by atoms with van der Waals surface area (Å²) in [4.78, 5) is 8.03. The van der Waals surface area contributed by atoms with Gasteiger partial charge in [-0.25, -0.2) is 4.85 Å². The molecule has 0 aromatic heterocycles. The van der Waals surface area contributed by atoms with E-state index in [0.29, 0.717) is 22.8 Å². The van der Waals surface area contributed by atoms with Crippen molar-refractivity contribution in [3.05, 3.63) is 106 Å². The molecule has 1 saturated heterocycles. The summed E-state index contributed by atoms with van der Waals surface area (Å²) in [5.41, 5.74) is 4.19. The van der Waals surface area contributed by atoms with Crippen LogP contribution < -0.4 is 4.90 Å². The Labute approximate surface area is 193 Å². The second kappa shape index (κ2) is 9.85. The van der Waals surface area contributed by atoms with E-state index in [2.05, 4.69) is 32.8 Å². The van der Waals surface area contributed by atoms with E-state index in [1.165, 1.54) is 0 Å². The molecule has 0 saturated carbocycles. The lowest BCUT2D eigenvalue weighted by Crippen LogP contribution is -2.50. The van der Waals surface area contributed by atoms with Crippen LogP contribution in [0.1, 0.15) is 28.8 Å². The highest BCUT2D eigenvalue weighted by Gasteiger charge is 2.33. The third-order valence-electron chi connectivity index (χ3n) is 6.00. The summed E-state index contributed by atoms with van der Waals surface area (Å²) in [5, 5.41) is 20.0. The number of halogens is 1. The van der Waals surface area contributed by atoms with Gasteiger partial charge in [0.1, 0.15) is 0 Å². The molecular formula is C26H23ClN4O. The number of nitriles is 1. The molecular weight excluding hydrogens is 420 g/mol. The third kappa shape index (κ3) is 4.47. The van der Waals surface area contributed by atoms with Crippen LogP contribution in [0.3, 0.4) is 0 Å². The minimum absolute atomic E-state index is 0.00348. The molecule has 1 aliphatic rings. The zero-order valence-electron chi connectivity index (χ0n) is 17.5. The maximum atomic E-state index is 10.2. The highest BCUT2D eigenvalue weighted by Crippen LogP contribution is 2.37. The molecule has 4 rings (SSSR count). The van der Waals surface area contributed by atoms with Crippen molar-refractivity contribution in [2.45, 2.75) is 12.1 Å². The van der Waals surface area contributed by atoms with Crippen LogP contribution in [-0.2, 0) is 0 Å². The van der Waals surface area contributed by atoms with E-state index >= 15 is 0 Å². The van der Waals surface area contributed by atoms with E-state index in [-0.39, 0.29) is 18.7 Å². The molecule has 2 atom stereocenters. The number of aliphatic hydroxyl groups is 1. The average molecular weight is 443 g/mol. The van der Waals surface area contributed by atoms with Gasteiger partial charge in [-0.1, -0.05) is 66.2 Å². The van der Waals surface area contributed by atoms with E-state index in [1.807, 2.05) is 36.4 Å². The third-order valence-corrected chi connectivity index (χ3v) is 6.31. The Morgan fingerprint density at radius 3 is 2.47 bits per heavy atom. The van der Waals surface area contributed by atoms with Crippen molar-refractivity contribution in [2.24, 2.45) is 0 Å². The minimum Gasteiger partial charge on any atom is -0.394 e. The second-order valence-corrected chi connectivity index (χ2v) is 8.20. The van der Waals surface area contributed by atoms with Crippen molar-refractivity contribution in [3.8, 4) is 6.07 Å². The van der Waals surface area contributed by atoms with E-state index in [4.69, 9.17) is 18.2 Å². The molecule has 0 spiro atoms. The number of hydrogen-bond acceptors (Lipinski definition) is 4. The molecule has 0 bridgehead atoms. The van der Waals surface area contributed by atoms with Crippen molar-refractivity contribution in [1.29, 1.82) is 5.26 Å². The van der Waals surface area contributed by atoms with Gasteiger partial charge in [0.2, 0.25) is 0 Å². The fraction of sp³-hybridized carbons (Fsp3) is 0.231. The summed E-state index contributed by atoms with van der Waals surface area (Å²) < 4.78 is 0. The predicted octanol–water partition coefficient (Wildman–Crippen LogP) is 5.36. The zero-order valence-corrected chi connectivity index (χ0v) is 18.3. The van der Waals surface area contributed by atoms with Crippen molar-refractivity contribution in [3.63, 3.8) is 0 Å². The van der Waals surface area contributed by atoms with Crippen LogP contribution in [0.25, 0.3) is 4.85 Å². The van der Waals surface area contributed by atoms with E-state index < -0.39 is 0 Å². The van der Waals surface area contributed by atoms with Crippen LogP contribution in [0.2, 0.25) is 5.02 Å². The summed E-state index contributed by atoms with van der Waals surface area (Å²) in [6, 6.07) is 25.2. The molecule has 5 nitrogen and oxygen atoms in total. The largest absolute Gasteiger partial charge is 0.394 e. The summed E-state index contributed by atoms with van der Waals surface area (Å²) in [7, 11) is 0. The predicted molar refractivity (Wildman–Crippen MR) is 127 cm³/mol. The first kappa shape index (κ1) is 21.9. The van der Waals surface area contributed by atoms with Crippen molar-refractivity contribution in [1.82, 2.24) is 4.90 Å². The number of piperazine rings is 1. The SMILES string of the molecule is [C-]#[N+]c1ccc([C@@H](CO)N2CCN(c3ccc(C#N)cc3Cl)[C@H](c3ccccc3)C2)cc1. The highest BCUT2D eigenvalue weighted by molar-refractivity contribution is 6.33.